The highest BCUT2D eigenvalue weighted by atomic mass is 35.5. The number of thiophene rings is 1. The van der Waals surface area contributed by atoms with Gasteiger partial charge < -0.3 is 4.74 Å². The molecule has 0 aliphatic carbocycles. The van der Waals surface area contributed by atoms with Crippen molar-refractivity contribution < 1.29 is 13.9 Å². The standard InChI is InChI=1S/C23H20ClFN2O2S/c1-4-29-23(28)21-13(2)26-27(14(21)3)20-7-5-6-16-11-19(30-22(16)20)10-15-8-17(24)12-18(25)9-15/h5-9,11-12H,4,10H2,1-3H3. The van der Waals surface area contributed by atoms with E-state index in [-0.39, 0.29) is 11.8 Å². The van der Waals surface area contributed by atoms with Crippen molar-refractivity contribution in [2.24, 2.45) is 0 Å². The summed E-state index contributed by atoms with van der Waals surface area (Å²) >= 11 is 7.62. The Hall–Kier alpha value is -2.70. The number of aromatic nitrogens is 2. The van der Waals surface area contributed by atoms with E-state index >= 15 is 0 Å². The summed E-state index contributed by atoms with van der Waals surface area (Å²) in [5.74, 6) is -0.700. The van der Waals surface area contributed by atoms with Crippen LogP contribution in [0.1, 0.15) is 39.1 Å². The third kappa shape index (κ3) is 3.85. The minimum Gasteiger partial charge on any atom is -0.462 e. The van der Waals surface area contributed by atoms with Crippen molar-refractivity contribution in [3.05, 3.63) is 80.7 Å². The molecule has 0 spiro atoms. The molecule has 2 aromatic carbocycles. The Labute approximate surface area is 182 Å². The molecule has 7 heteroatoms. The largest absolute Gasteiger partial charge is 0.462 e. The average Bonchev–Trinajstić information content (AvgIpc) is 3.20. The number of ether oxygens (including phenoxy) is 1. The molecule has 154 valence electrons. The molecule has 0 amide bonds. The molecule has 4 rings (SSSR count). The fourth-order valence-electron chi connectivity index (χ4n) is 3.65. The van der Waals surface area contributed by atoms with Gasteiger partial charge in [0.15, 0.2) is 0 Å². The first-order chi connectivity index (χ1) is 14.4. The maximum atomic E-state index is 13.7. The van der Waals surface area contributed by atoms with Crippen LogP contribution < -0.4 is 0 Å². The number of hydrogen-bond donors (Lipinski definition) is 0. The number of nitrogens with zero attached hydrogens (tertiary/aromatic N) is 2. The Kier molecular flexibility index (Phi) is 5.62. The molecule has 4 aromatic rings. The van der Waals surface area contributed by atoms with Crippen molar-refractivity contribution in [1.82, 2.24) is 9.78 Å². The minimum absolute atomic E-state index is 0.316. The summed E-state index contributed by atoms with van der Waals surface area (Å²) in [6, 6.07) is 12.7. The quantitative estimate of drug-likeness (QED) is 0.342. The molecule has 0 saturated carbocycles. The zero-order valence-electron chi connectivity index (χ0n) is 16.8. The molecule has 0 N–H and O–H groups in total. The Bertz CT molecular complexity index is 1240. The fourth-order valence-corrected chi connectivity index (χ4v) is 5.08. The van der Waals surface area contributed by atoms with Crippen LogP contribution in [0.15, 0.2) is 42.5 Å². The zero-order valence-corrected chi connectivity index (χ0v) is 18.4. The van der Waals surface area contributed by atoms with Gasteiger partial charge in [0.05, 0.1) is 28.4 Å². The highest BCUT2D eigenvalue weighted by Crippen LogP contribution is 2.34. The number of fused-ring (bicyclic) bond motifs is 1. The summed E-state index contributed by atoms with van der Waals surface area (Å²) in [5.41, 5.74) is 3.60. The smallest absolute Gasteiger partial charge is 0.341 e. The predicted octanol–water partition coefficient (Wildman–Crippen LogP) is 6.26. The second-order valence-corrected chi connectivity index (χ2v) is 8.61. The summed E-state index contributed by atoms with van der Waals surface area (Å²) in [5, 5.41) is 6.07. The van der Waals surface area contributed by atoms with E-state index in [1.807, 2.05) is 32.0 Å². The minimum atomic E-state index is -0.360. The first kappa shape index (κ1) is 20.6. The molecule has 0 saturated heterocycles. The average molecular weight is 443 g/mol. The lowest BCUT2D eigenvalue weighted by molar-refractivity contribution is 0.0524. The number of hydrogen-bond acceptors (Lipinski definition) is 4. The second kappa shape index (κ2) is 8.20. The van der Waals surface area contributed by atoms with Crippen molar-refractivity contribution in [1.29, 1.82) is 0 Å². The van der Waals surface area contributed by atoms with Gasteiger partial charge in [-0.1, -0.05) is 23.7 Å². The molecular weight excluding hydrogens is 423 g/mol. The highest BCUT2D eigenvalue weighted by Gasteiger charge is 2.21. The first-order valence-electron chi connectivity index (χ1n) is 9.57. The molecular formula is C23H20ClFN2O2S. The van der Waals surface area contributed by atoms with Gasteiger partial charge >= 0.3 is 5.97 Å². The molecule has 0 aliphatic heterocycles. The first-order valence-corrected chi connectivity index (χ1v) is 10.8. The van der Waals surface area contributed by atoms with Gasteiger partial charge in [-0.2, -0.15) is 5.10 Å². The van der Waals surface area contributed by atoms with Crippen LogP contribution in [0.2, 0.25) is 5.02 Å². The lowest BCUT2D eigenvalue weighted by atomic mass is 10.1. The van der Waals surface area contributed by atoms with E-state index in [1.165, 1.54) is 12.1 Å². The van der Waals surface area contributed by atoms with Crippen LogP contribution in [-0.4, -0.2) is 22.4 Å². The normalized spacial score (nSPS) is 11.2. The maximum absolute atomic E-state index is 13.7. The number of carbonyl (C=O) groups excluding carboxylic acids is 1. The van der Waals surface area contributed by atoms with Gasteiger partial charge in [0.2, 0.25) is 0 Å². The number of carbonyl (C=O) groups is 1. The molecule has 0 atom stereocenters. The van der Waals surface area contributed by atoms with E-state index < -0.39 is 0 Å². The molecule has 4 nitrogen and oxygen atoms in total. The van der Waals surface area contributed by atoms with Gasteiger partial charge in [0, 0.05) is 16.3 Å². The van der Waals surface area contributed by atoms with Crippen LogP contribution in [0, 0.1) is 19.7 Å². The number of benzene rings is 2. The van der Waals surface area contributed by atoms with Crippen molar-refractivity contribution >= 4 is 39.0 Å². The van der Waals surface area contributed by atoms with Gasteiger partial charge in [0.1, 0.15) is 11.4 Å². The topological polar surface area (TPSA) is 44.1 Å². The summed E-state index contributed by atoms with van der Waals surface area (Å²) in [6.07, 6.45) is 0.585. The van der Waals surface area contributed by atoms with Crippen molar-refractivity contribution in [2.75, 3.05) is 6.61 Å². The van der Waals surface area contributed by atoms with Crippen LogP contribution in [0.4, 0.5) is 4.39 Å². The maximum Gasteiger partial charge on any atom is 0.341 e. The third-order valence-corrected chi connectivity index (χ3v) is 6.27. The molecule has 0 bridgehead atoms. The molecule has 30 heavy (non-hydrogen) atoms. The van der Waals surface area contributed by atoms with E-state index in [1.54, 1.807) is 29.0 Å². The van der Waals surface area contributed by atoms with E-state index in [0.717, 1.165) is 31.9 Å². The van der Waals surface area contributed by atoms with Gasteiger partial charge in [-0.25, -0.2) is 13.9 Å². The van der Waals surface area contributed by atoms with Crippen molar-refractivity contribution in [2.45, 2.75) is 27.2 Å². The van der Waals surface area contributed by atoms with Crippen LogP contribution >= 0.6 is 22.9 Å². The van der Waals surface area contributed by atoms with E-state index in [4.69, 9.17) is 16.3 Å². The van der Waals surface area contributed by atoms with E-state index in [9.17, 15) is 9.18 Å². The Balaban J connectivity index is 1.76. The van der Waals surface area contributed by atoms with Gasteiger partial charge in [0.25, 0.3) is 0 Å². The lowest BCUT2D eigenvalue weighted by Crippen LogP contribution is -2.07. The van der Waals surface area contributed by atoms with Crippen LogP contribution in [0.5, 0.6) is 0 Å². The van der Waals surface area contributed by atoms with Crippen LogP contribution in [0.3, 0.4) is 0 Å². The van der Waals surface area contributed by atoms with E-state index in [2.05, 4.69) is 11.2 Å². The Morgan fingerprint density at radius 2 is 2.03 bits per heavy atom. The lowest BCUT2D eigenvalue weighted by Gasteiger charge is -2.07. The van der Waals surface area contributed by atoms with Crippen molar-refractivity contribution in [3.63, 3.8) is 0 Å². The highest BCUT2D eigenvalue weighted by molar-refractivity contribution is 7.19. The summed E-state index contributed by atoms with van der Waals surface area (Å²) < 4.78 is 21.7. The van der Waals surface area contributed by atoms with Gasteiger partial charge in [-0.05, 0) is 62.1 Å². The number of halogens is 2. The molecule has 0 fully saturated rings. The SMILES string of the molecule is CCOC(=O)c1c(C)nn(-c2cccc3cc(Cc4cc(F)cc(Cl)c4)sc23)c1C. The second-order valence-electron chi connectivity index (χ2n) is 7.04. The van der Waals surface area contributed by atoms with E-state index in [0.29, 0.717) is 29.3 Å². The van der Waals surface area contributed by atoms with Crippen molar-refractivity contribution in [3.8, 4) is 5.69 Å². The van der Waals surface area contributed by atoms with Crippen LogP contribution in [-0.2, 0) is 11.2 Å². The van der Waals surface area contributed by atoms with Gasteiger partial charge in [-0.3, -0.25) is 0 Å². The molecule has 0 aliphatic rings. The summed E-state index contributed by atoms with van der Waals surface area (Å²) in [4.78, 5) is 13.4. The summed E-state index contributed by atoms with van der Waals surface area (Å²) in [7, 11) is 0. The van der Waals surface area contributed by atoms with Gasteiger partial charge in [-0.15, -0.1) is 11.3 Å². The molecule has 0 unspecified atom stereocenters. The third-order valence-electron chi connectivity index (χ3n) is 4.87. The summed E-state index contributed by atoms with van der Waals surface area (Å²) in [6.45, 7) is 5.78. The molecule has 2 heterocycles. The molecule has 0 radical (unpaired) electrons. The number of esters is 1. The Morgan fingerprint density at radius 3 is 2.77 bits per heavy atom. The monoisotopic (exact) mass is 442 g/mol. The number of rotatable bonds is 5. The number of aryl methyl sites for hydroxylation is 1. The molecule has 2 aromatic heterocycles. The van der Waals surface area contributed by atoms with Crippen LogP contribution in [0.25, 0.3) is 15.8 Å². The fraction of sp³-hybridized carbons (Fsp3) is 0.217. The zero-order chi connectivity index (χ0) is 21.4. The Morgan fingerprint density at radius 1 is 1.23 bits per heavy atom. The predicted molar refractivity (Wildman–Crippen MR) is 119 cm³/mol.